The SMILES string of the molecule is C.C.CC(C)C(=O)NCCCCOc1cc(CN(Cc2ccccn2)Cc2ccccn2)cc(CN(Cc2ccccn2)Cc2ccccn2)c1.[Zn+2].[Zn+2]. The Morgan fingerprint density at radius 3 is 1.34 bits per heavy atom. The van der Waals surface area contributed by atoms with Crippen molar-refractivity contribution in [3.63, 3.8) is 0 Å². The molecule has 11 heteroatoms. The van der Waals surface area contributed by atoms with Crippen molar-refractivity contribution in [1.29, 1.82) is 0 Å². The fourth-order valence-corrected chi connectivity index (χ4v) is 5.56. The molecule has 0 bridgehead atoms. The molecule has 0 radical (unpaired) electrons. The summed E-state index contributed by atoms with van der Waals surface area (Å²) in [5.74, 6) is 0.910. The number of hydrogen-bond acceptors (Lipinski definition) is 8. The van der Waals surface area contributed by atoms with Crippen molar-refractivity contribution in [1.82, 2.24) is 35.1 Å². The van der Waals surface area contributed by atoms with E-state index in [2.05, 4.69) is 77.5 Å². The summed E-state index contributed by atoms with van der Waals surface area (Å²) in [7, 11) is 0. The van der Waals surface area contributed by atoms with Crippen molar-refractivity contribution in [3.8, 4) is 5.75 Å². The average Bonchev–Trinajstić information content (AvgIpc) is 3.11. The van der Waals surface area contributed by atoms with Gasteiger partial charge in [-0.15, -0.1) is 0 Å². The molecule has 4 heterocycles. The van der Waals surface area contributed by atoms with Crippen LogP contribution in [0.3, 0.4) is 0 Å². The van der Waals surface area contributed by atoms with E-state index in [1.54, 1.807) is 0 Å². The van der Waals surface area contributed by atoms with Crippen molar-refractivity contribution < 1.29 is 48.5 Å². The minimum atomic E-state index is -0.0118. The zero-order valence-electron chi connectivity index (χ0n) is 30.0. The zero-order chi connectivity index (χ0) is 34.1. The number of pyridine rings is 4. The van der Waals surface area contributed by atoms with Crippen LogP contribution in [-0.2, 0) is 83.0 Å². The molecule has 5 rings (SSSR count). The molecule has 0 spiro atoms. The predicted octanol–water partition coefficient (Wildman–Crippen LogP) is 7.87. The molecule has 0 saturated heterocycles. The molecule has 4 aromatic heterocycles. The predicted molar refractivity (Wildman–Crippen MR) is 205 cm³/mol. The molecule has 9 nitrogen and oxygen atoms in total. The first kappa shape index (κ1) is 47.3. The second kappa shape index (κ2) is 26.1. The fourth-order valence-electron chi connectivity index (χ4n) is 5.56. The topological polar surface area (TPSA) is 96.4 Å². The van der Waals surface area contributed by atoms with E-state index in [0.717, 1.165) is 52.5 Å². The van der Waals surface area contributed by atoms with Crippen LogP contribution in [0.2, 0.25) is 0 Å². The summed E-state index contributed by atoms with van der Waals surface area (Å²) in [5.41, 5.74) is 6.33. The third kappa shape index (κ3) is 17.3. The first-order valence-corrected chi connectivity index (χ1v) is 17.1. The molecule has 5 aromatic rings. The number of hydrogen-bond donors (Lipinski definition) is 1. The van der Waals surface area contributed by atoms with Crippen LogP contribution in [0.1, 0.15) is 75.4 Å². The second-order valence-corrected chi connectivity index (χ2v) is 12.6. The first-order valence-electron chi connectivity index (χ1n) is 17.1. The zero-order valence-corrected chi connectivity index (χ0v) is 36.0. The van der Waals surface area contributed by atoms with Crippen LogP contribution >= 0.6 is 0 Å². The van der Waals surface area contributed by atoms with Crippen LogP contribution in [0.25, 0.3) is 0 Å². The average molecular weight is 821 g/mol. The van der Waals surface area contributed by atoms with Gasteiger partial charge in [0.25, 0.3) is 0 Å². The van der Waals surface area contributed by atoms with Gasteiger partial charge in [0.2, 0.25) is 5.91 Å². The number of carbonyl (C=O) groups excluding carboxylic acids is 1. The van der Waals surface area contributed by atoms with E-state index in [-0.39, 0.29) is 65.6 Å². The van der Waals surface area contributed by atoms with Gasteiger partial charge in [-0.1, -0.05) is 59.0 Å². The summed E-state index contributed by atoms with van der Waals surface area (Å²) >= 11 is 0. The summed E-state index contributed by atoms with van der Waals surface area (Å²) in [4.78, 5) is 35.1. The summed E-state index contributed by atoms with van der Waals surface area (Å²) < 4.78 is 6.38. The van der Waals surface area contributed by atoms with E-state index in [4.69, 9.17) is 4.74 Å². The molecule has 1 N–H and O–H groups in total. The van der Waals surface area contributed by atoms with Crippen LogP contribution in [0.4, 0.5) is 0 Å². The Morgan fingerprint density at radius 2 is 1.00 bits per heavy atom. The molecule has 0 aliphatic heterocycles. The molecule has 1 aromatic carbocycles. The minimum Gasteiger partial charge on any atom is -0.494 e. The molecule has 0 aliphatic carbocycles. The Kier molecular flexibility index (Phi) is 23.3. The Balaban J connectivity index is 0.00000351. The summed E-state index contributed by atoms with van der Waals surface area (Å²) in [5, 5.41) is 3.00. The molecule has 1 amide bonds. The Bertz CT molecular complexity index is 1500. The van der Waals surface area contributed by atoms with Gasteiger partial charge >= 0.3 is 39.0 Å². The Labute approximate surface area is 343 Å². The van der Waals surface area contributed by atoms with Crippen molar-refractivity contribution >= 4 is 5.91 Å². The number of unbranched alkanes of at least 4 members (excludes halogenated alkanes) is 1. The number of aromatic nitrogens is 4. The minimum absolute atomic E-state index is 0. The maximum Gasteiger partial charge on any atom is 2.00 e. The number of ether oxygens (including phenoxy) is 1. The molecular formula is C42H55N7O2Zn2+4. The summed E-state index contributed by atoms with van der Waals surface area (Å²) in [6.45, 7) is 9.16. The number of carbonyl (C=O) groups is 1. The van der Waals surface area contributed by atoms with Gasteiger partial charge in [-0.2, -0.15) is 0 Å². The number of rotatable bonds is 19. The van der Waals surface area contributed by atoms with Gasteiger partial charge < -0.3 is 10.1 Å². The van der Waals surface area contributed by atoms with E-state index >= 15 is 0 Å². The van der Waals surface area contributed by atoms with Gasteiger partial charge in [0, 0.05) is 76.5 Å². The first-order chi connectivity index (χ1) is 24.0. The molecule has 0 unspecified atom stereocenters. The van der Waals surface area contributed by atoms with Gasteiger partial charge in [0.1, 0.15) is 5.75 Å². The monoisotopic (exact) mass is 817 g/mol. The third-order valence-electron chi connectivity index (χ3n) is 7.95. The normalized spacial score (nSPS) is 10.4. The number of benzene rings is 1. The van der Waals surface area contributed by atoms with Gasteiger partial charge in [-0.25, -0.2) is 0 Å². The molecule has 270 valence electrons. The molecular weight excluding hydrogens is 765 g/mol. The maximum absolute atomic E-state index is 11.9. The van der Waals surface area contributed by atoms with Crippen molar-refractivity contribution in [2.24, 2.45) is 5.92 Å². The molecule has 0 saturated carbocycles. The standard InChI is InChI=1S/C40H47N7O2.2CH4.2Zn/c1-32(2)40(48)45-21-11-12-22-49-39-24-33(26-46(28-35-13-3-7-17-41-35)29-36-14-4-8-18-42-36)23-34(25-39)27-47(30-37-15-5-9-19-43-37)31-38-16-6-10-20-44-38;;;;/h3-10,13-20,23-25,32H,11-12,21-22,26-31H2,1-2H3,(H,45,48);2*1H4;;/q;;;2*+2. The fraction of sp³-hybridized carbons (Fsp3) is 0.357. The van der Waals surface area contributed by atoms with Gasteiger partial charge in [0.15, 0.2) is 0 Å². The van der Waals surface area contributed by atoms with E-state index in [0.29, 0.717) is 52.4 Å². The second-order valence-electron chi connectivity index (χ2n) is 12.6. The van der Waals surface area contributed by atoms with E-state index in [1.165, 1.54) is 0 Å². The maximum atomic E-state index is 11.9. The van der Waals surface area contributed by atoms with Crippen LogP contribution < -0.4 is 10.1 Å². The number of nitrogens with zero attached hydrogens (tertiary/aromatic N) is 6. The van der Waals surface area contributed by atoms with E-state index in [9.17, 15) is 4.79 Å². The van der Waals surface area contributed by atoms with E-state index in [1.807, 2.05) is 87.2 Å². The van der Waals surface area contributed by atoms with Crippen molar-refractivity contribution in [3.05, 3.63) is 150 Å². The van der Waals surface area contributed by atoms with Crippen LogP contribution in [0.5, 0.6) is 5.75 Å². The number of amides is 1. The van der Waals surface area contributed by atoms with Gasteiger partial charge in [0.05, 0.1) is 29.4 Å². The molecule has 0 aliphatic rings. The number of nitrogens with one attached hydrogen (secondary N) is 1. The summed E-state index contributed by atoms with van der Waals surface area (Å²) in [6.07, 6.45) is 9.06. The summed E-state index contributed by atoms with van der Waals surface area (Å²) in [6, 6.07) is 30.7. The molecule has 0 fully saturated rings. The Hall–Kier alpha value is -3.74. The Morgan fingerprint density at radius 1 is 0.604 bits per heavy atom. The molecule has 0 atom stereocenters. The van der Waals surface area contributed by atoms with Gasteiger partial charge in [-0.3, -0.25) is 34.5 Å². The third-order valence-corrected chi connectivity index (χ3v) is 7.95. The van der Waals surface area contributed by atoms with Crippen molar-refractivity contribution in [2.75, 3.05) is 13.2 Å². The molecule has 53 heavy (non-hydrogen) atoms. The van der Waals surface area contributed by atoms with Crippen LogP contribution in [0.15, 0.2) is 116 Å². The smallest absolute Gasteiger partial charge is 0.494 e. The van der Waals surface area contributed by atoms with Crippen molar-refractivity contribution in [2.45, 2.75) is 80.8 Å². The van der Waals surface area contributed by atoms with Gasteiger partial charge in [-0.05, 0) is 84.6 Å². The quantitative estimate of drug-likeness (QED) is 0.0665. The largest absolute Gasteiger partial charge is 2.00 e. The van der Waals surface area contributed by atoms with E-state index < -0.39 is 0 Å². The van der Waals surface area contributed by atoms with Crippen LogP contribution in [-0.4, -0.2) is 48.8 Å². The van der Waals surface area contributed by atoms with Crippen LogP contribution in [0, 0.1) is 5.92 Å².